The van der Waals surface area contributed by atoms with Crippen molar-refractivity contribution in [1.29, 1.82) is 0 Å². The van der Waals surface area contributed by atoms with Crippen LogP contribution in [0.3, 0.4) is 0 Å². The molecule has 1 aromatic heterocycles. The molecule has 1 aromatic carbocycles. The maximum absolute atomic E-state index is 13.1. The maximum Gasteiger partial charge on any atom is 0.255 e. The number of aryl methyl sites for hydroxylation is 2. The van der Waals surface area contributed by atoms with Crippen LogP contribution in [0.4, 0.5) is 0 Å². The van der Waals surface area contributed by atoms with Crippen molar-refractivity contribution in [1.82, 2.24) is 15.2 Å². The Kier molecular flexibility index (Phi) is 4.49. The largest absolute Gasteiger partial charge is 0.396 e. The molecule has 0 spiro atoms. The first-order valence-corrected chi connectivity index (χ1v) is 8.09. The molecule has 2 amide bonds. The summed E-state index contributed by atoms with van der Waals surface area (Å²) in [7, 11) is 0. The average Bonchev–Trinajstić information content (AvgIpc) is 2.56. The normalized spacial score (nSPS) is 17.9. The molecule has 1 saturated heterocycles. The number of amides is 2. The van der Waals surface area contributed by atoms with Gasteiger partial charge in [-0.1, -0.05) is 11.6 Å². The number of aromatic nitrogens is 1. The van der Waals surface area contributed by atoms with Crippen LogP contribution in [0.25, 0.3) is 10.9 Å². The Morgan fingerprint density at radius 2 is 2.17 bits per heavy atom. The van der Waals surface area contributed by atoms with E-state index in [9.17, 15) is 14.7 Å². The van der Waals surface area contributed by atoms with Gasteiger partial charge >= 0.3 is 0 Å². The minimum absolute atomic E-state index is 0.142. The molecular formula is C18H21N3O3. The van der Waals surface area contributed by atoms with Crippen molar-refractivity contribution in [2.75, 3.05) is 19.7 Å². The van der Waals surface area contributed by atoms with Gasteiger partial charge in [0.2, 0.25) is 5.91 Å². The van der Waals surface area contributed by atoms with Gasteiger partial charge in [-0.15, -0.1) is 0 Å². The second-order valence-electron chi connectivity index (χ2n) is 6.15. The molecule has 2 N–H and O–H groups in total. The standard InChI is InChI=1S/C18H21N3O3/c1-11-3-4-15-13(9-11)14(10-12(2)20-15)18(24)21-7-6-19-17(23)16(21)5-8-22/h3-4,9-10,16,22H,5-8H2,1-2H3,(H,19,23). The van der Waals surface area contributed by atoms with Crippen molar-refractivity contribution >= 4 is 22.7 Å². The monoisotopic (exact) mass is 327 g/mol. The predicted octanol–water partition coefficient (Wildman–Crippen LogP) is 1.17. The summed E-state index contributed by atoms with van der Waals surface area (Å²) in [5.74, 6) is -0.403. The maximum atomic E-state index is 13.1. The van der Waals surface area contributed by atoms with Crippen molar-refractivity contribution in [2.45, 2.75) is 26.3 Å². The number of aliphatic hydroxyl groups excluding tert-OH is 1. The van der Waals surface area contributed by atoms with E-state index < -0.39 is 6.04 Å². The van der Waals surface area contributed by atoms with Crippen LogP contribution in [0, 0.1) is 13.8 Å². The molecule has 2 heterocycles. The number of carbonyl (C=O) groups is 2. The zero-order valence-corrected chi connectivity index (χ0v) is 13.9. The van der Waals surface area contributed by atoms with Crippen molar-refractivity contribution < 1.29 is 14.7 Å². The molecule has 6 heteroatoms. The molecule has 126 valence electrons. The van der Waals surface area contributed by atoms with E-state index >= 15 is 0 Å². The fourth-order valence-corrected chi connectivity index (χ4v) is 3.17. The Balaban J connectivity index is 2.07. The summed E-state index contributed by atoms with van der Waals surface area (Å²) in [6.45, 7) is 4.54. The lowest BCUT2D eigenvalue weighted by Gasteiger charge is -2.35. The number of carbonyl (C=O) groups excluding carboxylic acids is 2. The number of hydrogen-bond donors (Lipinski definition) is 2. The van der Waals surface area contributed by atoms with Crippen molar-refractivity contribution in [3.05, 3.63) is 41.1 Å². The van der Waals surface area contributed by atoms with E-state index in [4.69, 9.17) is 0 Å². The number of piperazine rings is 1. The Morgan fingerprint density at radius 1 is 1.38 bits per heavy atom. The molecule has 0 radical (unpaired) electrons. The third-order valence-electron chi connectivity index (χ3n) is 4.32. The second kappa shape index (κ2) is 6.57. The quantitative estimate of drug-likeness (QED) is 0.887. The zero-order chi connectivity index (χ0) is 17.3. The van der Waals surface area contributed by atoms with Crippen LogP contribution in [0.15, 0.2) is 24.3 Å². The van der Waals surface area contributed by atoms with Gasteiger partial charge in [0.05, 0.1) is 11.1 Å². The van der Waals surface area contributed by atoms with Crippen LogP contribution >= 0.6 is 0 Å². The summed E-state index contributed by atoms with van der Waals surface area (Å²) in [5, 5.41) is 12.8. The number of pyridine rings is 1. The van der Waals surface area contributed by atoms with Crippen molar-refractivity contribution in [3.63, 3.8) is 0 Å². The Morgan fingerprint density at radius 3 is 2.92 bits per heavy atom. The average molecular weight is 327 g/mol. The van der Waals surface area contributed by atoms with Crippen molar-refractivity contribution in [2.24, 2.45) is 0 Å². The van der Waals surface area contributed by atoms with E-state index in [0.717, 1.165) is 22.2 Å². The first-order valence-electron chi connectivity index (χ1n) is 8.09. The van der Waals surface area contributed by atoms with Gasteiger partial charge in [-0.05, 0) is 38.5 Å². The van der Waals surface area contributed by atoms with E-state index in [1.54, 1.807) is 11.0 Å². The molecule has 1 fully saturated rings. The SMILES string of the molecule is Cc1ccc2nc(C)cc(C(=O)N3CCNC(=O)C3CCO)c2c1. The molecule has 1 aliphatic heterocycles. The highest BCUT2D eigenvalue weighted by atomic mass is 16.3. The van der Waals surface area contributed by atoms with E-state index in [2.05, 4.69) is 10.3 Å². The highest BCUT2D eigenvalue weighted by molar-refractivity contribution is 6.07. The van der Waals surface area contributed by atoms with Gasteiger partial charge in [0.25, 0.3) is 5.91 Å². The molecule has 1 unspecified atom stereocenters. The van der Waals surface area contributed by atoms with Gasteiger partial charge in [-0.25, -0.2) is 0 Å². The number of fused-ring (bicyclic) bond motifs is 1. The van der Waals surface area contributed by atoms with Gasteiger partial charge in [-0.2, -0.15) is 0 Å². The molecule has 1 aliphatic rings. The smallest absolute Gasteiger partial charge is 0.255 e. The first kappa shape index (κ1) is 16.4. The molecule has 3 rings (SSSR count). The number of hydrogen-bond acceptors (Lipinski definition) is 4. The number of nitrogens with zero attached hydrogens (tertiary/aromatic N) is 2. The van der Waals surface area contributed by atoms with Crippen LogP contribution in [0.1, 0.15) is 28.0 Å². The minimum Gasteiger partial charge on any atom is -0.396 e. The molecule has 0 bridgehead atoms. The van der Waals surface area contributed by atoms with Crippen molar-refractivity contribution in [3.8, 4) is 0 Å². The van der Waals surface area contributed by atoms with Gasteiger partial charge in [0.15, 0.2) is 0 Å². The third-order valence-corrected chi connectivity index (χ3v) is 4.32. The summed E-state index contributed by atoms with van der Waals surface area (Å²) in [5.41, 5.74) is 3.13. The van der Waals surface area contributed by atoms with Crippen LogP contribution in [-0.2, 0) is 4.79 Å². The van der Waals surface area contributed by atoms with Gasteiger partial charge in [-0.3, -0.25) is 14.6 Å². The lowest BCUT2D eigenvalue weighted by molar-refractivity contribution is -0.128. The molecule has 1 atom stereocenters. The summed E-state index contributed by atoms with van der Waals surface area (Å²) < 4.78 is 0. The molecule has 6 nitrogen and oxygen atoms in total. The van der Waals surface area contributed by atoms with Crippen LogP contribution in [0.2, 0.25) is 0 Å². The van der Waals surface area contributed by atoms with E-state index in [1.165, 1.54) is 0 Å². The minimum atomic E-state index is -0.635. The first-order chi connectivity index (χ1) is 11.5. The molecular weight excluding hydrogens is 306 g/mol. The third kappa shape index (κ3) is 2.97. The predicted molar refractivity (Wildman–Crippen MR) is 90.8 cm³/mol. The second-order valence-corrected chi connectivity index (χ2v) is 6.15. The van der Waals surface area contributed by atoms with Gasteiger partial charge in [0.1, 0.15) is 6.04 Å². The zero-order valence-electron chi connectivity index (χ0n) is 13.9. The molecule has 24 heavy (non-hydrogen) atoms. The summed E-state index contributed by atoms with van der Waals surface area (Å²) in [6.07, 6.45) is 0.235. The Hall–Kier alpha value is -2.47. The molecule has 2 aromatic rings. The molecule has 0 aliphatic carbocycles. The highest BCUT2D eigenvalue weighted by Crippen LogP contribution is 2.23. The Labute approximate surface area is 140 Å². The fraction of sp³-hybridized carbons (Fsp3) is 0.389. The summed E-state index contributed by atoms with van der Waals surface area (Å²) >= 11 is 0. The Bertz CT molecular complexity index is 803. The fourth-order valence-electron chi connectivity index (χ4n) is 3.17. The van der Waals surface area contributed by atoms with Gasteiger partial charge in [0, 0.05) is 30.8 Å². The lowest BCUT2D eigenvalue weighted by atomic mass is 10.0. The van der Waals surface area contributed by atoms with Crippen LogP contribution < -0.4 is 5.32 Å². The van der Waals surface area contributed by atoms with E-state index in [0.29, 0.717) is 18.7 Å². The van der Waals surface area contributed by atoms with E-state index in [-0.39, 0.29) is 24.8 Å². The number of rotatable bonds is 3. The highest BCUT2D eigenvalue weighted by Gasteiger charge is 2.33. The molecule has 0 saturated carbocycles. The van der Waals surface area contributed by atoms with E-state index in [1.807, 2.05) is 32.0 Å². The van der Waals surface area contributed by atoms with Crippen LogP contribution in [0.5, 0.6) is 0 Å². The summed E-state index contributed by atoms with van der Waals surface area (Å²) in [4.78, 5) is 31.3. The number of nitrogens with one attached hydrogen (secondary N) is 1. The number of aliphatic hydroxyl groups is 1. The lowest BCUT2D eigenvalue weighted by Crippen LogP contribution is -2.57. The van der Waals surface area contributed by atoms with Crippen LogP contribution in [-0.4, -0.2) is 52.5 Å². The number of benzene rings is 1. The summed E-state index contributed by atoms with van der Waals surface area (Å²) in [6, 6.07) is 6.95. The topological polar surface area (TPSA) is 82.5 Å². The van der Waals surface area contributed by atoms with Gasteiger partial charge < -0.3 is 15.3 Å².